The largest absolute Gasteiger partial charge is 0.497 e. The van der Waals surface area contributed by atoms with Gasteiger partial charge < -0.3 is 15.0 Å². The van der Waals surface area contributed by atoms with Gasteiger partial charge in [0.05, 0.1) is 24.7 Å². The van der Waals surface area contributed by atoms with Gasteiger partial charge in [-0.15, -0.1) is 0 Å². The molecular formula is C20H25N7O2. The number of fused-ring (bicyclic) bond motifs is 1. The molecule has 0 radical (unpaired) electrons. The fourth-order valence-corrected chi connectivity index (χ4v) is 3.61. The van der Waals surface area contributed by atoms with Crippen LogP contribution in [0.4, 0.5) is 11.5 Å². The molecule has 0 bridgehead atoms. The Morgan fingerprint density at radius 3 is 2.55 bits per heavy atom. The van der Waals surface area contributed by atoms with Crippen LogP contribution in [0.1, 0.15) is 6.92 Å². The SMILES string of the molecule is COc1ccc(NC(=O)C(C)N2CCN(c3ncnc4c3cnn4C)CC2)cc1. The first-order valence-electron chi connectivity index (χ1n) is 9.63. The summed E-state index contributed by atoms with van der Waals surface area (Å²) in [7, 11) is 3.50. The molecule has 9 heteroatoms. The first-order valence-corrected chi connectivity index (χ1v) is 9.63. The lowest BCUT2D eigenvalue weighted by atomic mass is 10.2. The summed E-state index contributed by atoms with van der Waals surface area (Å²) < 4.78 is 6.90. The predicted octanol–water partition coefficient (Wildman–Crippen LogP) is 1.52. The van der Waals surface area contributed by atoms with Crippen molar-refractivity contribution in [3.63, 3.8) is 0 Å². The highest BCUT2D eigenvalue weighted by molar-refractivity contribution is 5.94. The van der Waals surface area contributed by atoms with Crippen molar-refractivity contribution < 1.29 is 9.53 Å². The third-order valence-corrected chi connectivity index (χ3v) is 5.41. The average molecular weight is 395 g/mol. The minimum atomic E-state index is -0.219. The summed E-state index contributed by atoms with van der Waals surface area (Å²) in [5, 5.41) is 8.22. The van der Waals surface area contributed by atoms with Gasteiger partial charge in [-0.05, 0) is 31.2 Å². The van der Waals surface area contributed by atoms with Crippen LogP contribution in [0.3, 0.4) is 0 Å². The standard InChI is InChI=1S/C20H25N7O2/c1-14(20(28)24-15-4-6-16(29-3)7-5-15)26-8-10-27(11-9-26)19-17-12-23-25(2)18(17)21-13-22-19/h4-7,12-14H,8-11H2,1-3H3,(H,24,28). The summed E-state index contributed by atoms with van der Waals surface area (Å²) in [5.74, 6) is 1.65. The van der Waals surface area contributed by atoms with Gasteiger partial charge in [-0.2, -0.15) is 5.10 Å². The predicted molar refractivity (Wildman–Crippen MR) is 111 cm³/mol. The number of amides is 1. The Kier molecular flexibility index (Phi) is 5.30. The Labute approximate surface area is 169 Å². The number of nitrogens with zero attached hydrogens (tertiary/aromatic N) is 6. The van der Waals surface area contributed by atoms with E-state index in [2.05, 4.69) is 30.2 Å². The van der Waals surface area contributed by atoms with Crippen molar-refractivity contribution in [2.75, 3.05) is 43.5 Å². The van der Waals surface area contributed by atoms with Gasteiger partial charge in [-0.25, -0.2) is 9.97 Å². The molecule has 1 fully saturated rings. The maximum absolute atomic E-state index is 12.7. The van der Waals surface area contributed by atoms with Crippen molar-refractivity contribution in [2.24, 2.45) is 7.05 Å². The fourth-order valence-electron chi connectivity index (χ4n) is 3.61. The van der Waals surface area contributed by atoms with E-state index in [1.165, 1.54) is 0 Å². The number of ether oxygens (including phenoxy) is 1. The molecule has 1 saturated heterocycles. The molecule has 2 aromatic heterocycles. The summed E-state index contributed by atoms with van der Waals surface area (Å²) in [6.07, 6.45) is 3.39. The van der Waals surface area contributed by atoms with Gasteiger partial charge in [-0.3, -0.25) is 14.4 Å². The molecule has 1 aliphatic rings. The maximum atomic E-state index is 12.7. The minimum absolute atomic E-state index is 0.0136. The van der Waals surface area contributed by atoms with Gasteiger partial charge >= 0.3 is 0 Å². The number of anilines is 2. The summed E-state index contributed by atoms with van der Waals surface area (Å²) in [5.41, 5.74) is 1.59. The van der Waals surface area contributed by atoms with Gasteiger partial charge in [0.2, 0.25) is 5.91 Å². The molecule has 9 nitrogen and oxygen atoms in total. The van der Waals surface area contributed by atoms with Crippen LogP contribution in [0.5, 0.6) is 5.75 Å². The number of rotatable bonds is 5. The van der Waals surface area contributed by atoms with Crippen LogP contribution in [-0.4, -0.2) is 69.9 Å². The molecule has 29 heavy (non-hydrogen) atoms. The molecule has 1 atom stereocenters. The molecule has 4 rings (SSSR count). The Hall–Kier alpha value is -3.20. The quantitative estimate of drug-likeness (QED) is 0.701. The number of hydrogen-bond acceptors (Lipinski definition) is 7. The first-order chi connectivity index (χ1) is 14.1. The summed E-state index contributed by atoms with van der Waals surface area (Å²) in [6.45, 7) is 5.09. The lowest BCUT2D eigenvalue weighted by Gasteiger charge is -2.38. The zero-order valence-corrected chi connectivity index (χ0v) is 16.9. The highest BCUT2D eigenvalue weighted by Gasteiger charge is 2.27. The van der Waals surface area contributed by atoms with Crippen LogP contribution in [-0.2, 0) is 11.8 Å². The summed E-state index contributed by atoms with van der Waals surface area (Å²) in [6, 6.07) is 7.13. The summed E-state index contributed by atoms with van der Waals surface area (Å²) >= 11 is 0. The van der Waals surface area contributed by atoms with E-state index in [4.69, 9.17) is 4.74 Å². The Morgan fingerprint density at radius 2 is 1.86 bits per heavy atom. The van der Waals surface area contributed by atoms with Crippen molar-refractivity contribution in [3.8, 4) is 5.75 Å². The number of nitrogens with one attached hydrogen (secondary N) is 1. The number of methoxy groups -OCH3 is 1. The number of piperazine rings is 1. The van der Waals surface area contributed by atoms with E-state index >= 15 is 0 Å². The molecule has 1 amide bonds. The van der Waals surface area contributed by atoms with Crippen molar-refractivity contribution in [3.05, 3.63) is 36.8 Å². The number of carbonyl (C=O) groups is 1. The molecular weight excluding hydrogens is 370 g/mol. The van der Waals surface area contributed by atoms with E-state index < -0.39 is 0 Å². The van der Waals surface area contributed by atoms with E-state index in [1.54, 1.807) is 18.1 Å². The zero-order valence-electron chi connectivity index (χ0n) is 16.9. The van der Waals surface area contributed by atoms with Crippen molar-refractivity contribution >= 4 is 28.4 Å². The Bertz CT molecular complexity index is 994. The van der Waals surface area contributed by atoms with Crippen molar-refractivity contribution in [2.45, 2.75) is 13.0 Å². The number of aryl methyl sites for hydroxylation is 1. The van der Waals surface area contributed by atoms with E-state index in [9.17, 15) is 4.79 Å². The lowest BCUT2D eigenvalue weighted by molar-refractivity contribution is -0.120. The third kappa shape index (κ3) is 3.86. The molecule has 3 heterocycles. The maximum Gasteiger partial charge on any atom is 0.241 e. The second kappa shape index (κ2) is 8.04. The number of carbonyl (C=O) groups excluding carboxylic acids is 1. The third-order valence-electron chi connectivity index (χ3n) is 5.41. The molecule has 0 aliphatic carbocycles. The van der Waals surface area contributed by atoms with Crippen LogP contribution < -0.4 is 15.0 Å². The Balaban J connectivity index is 1.37. The molecule has 0 spiro atoms. The second-order valence-corrected chi connectivity index (χ2v) is 7.12. The van der Waals surface area contributed by atoms with Crippen LogP contribution >= 0.6 is 0 Å². The highest BCUT2D eigenvalue weighted by atomic mass is 16.5. The minimum Gasteiger partial charge on any atom is -0.497 e. The molecule has 1 unspecified atom stereocenters. The summed E-state index contributed by atoms with van der Waals surface area (Å²) in [4.78, 5) is 25.9. The molecule has 3 aromatic rings. The van der Waals surface area contributed by atoms with E-state index in [1.807, 2.05) is 44.4 Å². The normalized spacial score (nSPS) is 16.0. The monoisotopic (exact) mass is 395 g/mol. The lowest BCUT2D eigenvalue weighted by Crippen LogP contribution is -2.53. The molecule has 152 valence electrons. The molecule has 1 N–H and O–H groups in total. The Morgan fingerprint density at radius 1 is 1.14 bits per heavy atom. The highest BCUT2D eigenvalue weighted by Crippen LogP contribution is 2.23. The van der Waals surface area contributed by atoms with Crippen molar-refractivity contribution in [1.82, 2.24) is 24.6 Å². The molecule has 1 aliphatic heterocycles. The van der Waals surface area contributed by atoms with Crippen molar-refractivity contribution in [1.29, 1.82) is 0 Å². The topological polar surface area (TPSA) is 88.4 Å². The fraction of sp³-hybridized carbons (Fsp3) is 0.400. The molecule has 1 aromatic carbocycles. The van der Waals surface area contributed by atoms with Gasteiger partial charge in [0.15, 0.2) is 5.65 Å². The van der Waals surface area contributed by atoms with E-state index in [0.29, 0.717) is 0 Å². The zero-order chi connectivity index (χ0) is 20.4. The van der Waals surface area contributed by atoms with E-state index in [0.717, 1.165) is 54.5 Å². The molecule has 0 saturated carbocycles. The van der Waals surface area contributed by atoms with Crippen LogP contribution in [0, 0.1) is 0 Å². The van der Waals surface area contributed by atoms with E-state index in [-0.39, 0.29) is 11.9 Å². The van der Waals surface area contributed by atoms with Gasteiger partial charge in [-0.1, -0.05) is 0 Å². The number of aromatic nitrogens is 4. The van der Waals surface area contributed by atoms with Gasteiger partial charge in [0.25, 0.3) is 0 Å². The number of hydrogen-bond donors (Lipinski definition) is 1. The first kappa shape index (κ1) is 19.1. The average Bonchev–Trinajstić information content (AvgIpc) is 3.15. The van der Waals surface area contributed by atoms with Crippen LogP contribution in [0.2, 0.25) is 0 Å². The van der Waals surface area contributed by atoms with Gasteiger partial charge in [0.1, 0.15) is 17.9 Å². The van der Waals surface area contributed by atoms with Gasteiger partial charge in [0, 0.05) is 38.9 Å². The smallest absolute Gasteiger partial charge is 0.241 e. The number of benzene rings is 1. The van der Waals surface area contributed by atoms with Crippen LogP contribution in [0.25, 0.3) is 11.0 Å². The second-order valence-electron chi connectivity index (χ2n) is 7.12. The van der Waals surface area contributed by atoms with Crippen LogP contribution in [0.15, 0.2) is 36.8 Å².